The average Bonchev–Trinajstić information content (AvgIpc) is 3.26. The first-order chi connectivity index (χ1) is 11.8. The highest BCUT2D eigenvalue weighted by atomic mass is 16.3. The second kappa shape index (κ2) is 5.83. The van der Waals surface area contributed by atoms with Crippen molar-refractivity contribution >= 4 is 16.8 Å². The van der Waals surface area contributed by atoms with Gasteiger partial charge in [-0.25, -0.2) is 0 Å². The number of hydrogen-bond donors (Lipinski definition) is 1. The first-order valence-electron chi connectivity index (χ1n) is 7.67. The van der Waals surface area contributed by atoms with Gasteiger partial charge in [-0.3, -0.25) is 9.36 Å². The molecule has 2 aromatic carbocycles. The van der Waals surface area contributed by atoms with Gasteiger partial charge in [-0.15, -0.1) is 0 Å². The first kappa shape index (κ1) is 14.5. The zero-order chi connectivity index (χ0) is 16.5. The predicted molar refractivity (Wildman–Crippen MR) is 91.7 cm³/mol. The highest BCUT2D eigenvalue weighted by Crippen LogP contribution is 2.33. The van der Waals surface area contributed by atoms with Crippen molar-refractivity contribution in [1.82, 2.24) is 4.57 Å². The predicted octanol–water partition coefficient (Wildman–Crippen LogP) is 4.08. The van der Waals surface area contributed by atoms with Gasteiger partial charge in [0.05, 0.1) is 18.4 Å². The van der Waals surface area contributed by atoms with Crippen LogP contribution in [-0.2, 0) is 6.61 Å². The summed E-state index contributed by atoms with van der Waals surface area (Å²) in [5.41, 5.74) is 2.92. The molecule has 4 nitrogen and oxygen atoms in total. The molecule has 0 saturated carbocycles. The molecule has 0 spiro atoms. The smallest absolute Gasteiger partial charge is 0.262 e. The molecule has 0 fully saturated rings. The van der Waals surface area contributed by atoms with Crippen LogP contribution in [0.3, 0.4) is 0 Å². The van der Waals surface area contributed by atoms with Crippen molar-refractivity contribution in [2.45, 2.75) is 6.61 Å². The standard InChI is InChI=1S/C20H15NO3/c22-13-15-10-11-24-19(15)17-12-21(18-9-5-4-8-16(17)18)20(23)14-6-2-1-3-7-14/h1-12,22H,13H2. The molecule has 4 aromatic rings. The molecule has 0 saturated heterocycles. The van der Waals surface area contributed by atoms with Crippen LogP contribution < -0.4 is 0 Å². The fraction of sp³-hybridized carbons (Fsp3) is 0.0500. The Morgan fingerprint density at radius 3 is 2.54 bits per heavy atom. The van der Waals surface area contributed by atoms with Gasteiger partial charge in [-0.2, -0.15) is 0 Å². The minimum absolute atomic E-state index is 0.102. The van der Waals surface area contributed by atoms with Gasteiger partial charge in [0.2, 0.25) is 0 Å². The van der Waals surface area contributed by atoms with Gasteiger partial charge < -0.3 is 9.52 Å². The summed E-state index contributed by atoms with van der Waals surface area (Å²) in [5, 5.41) is 10.4. The molecule has 2 aromatic heterocycles. The molecule has 0 aliphatic carbocycles. The van der Waals surface area contributed by atoms with E-state index in [1.807, 2.05) is 42.5 Å². The molecule has 0 bridgehead atoms. The molecule has 0 unspecified atom stereocenters. The highest BCUT2D eigenvalue weighted by molar-refractivity contribution is 6.06. The first-order valence-corrected chi connectivity index (χ1v) is 7.67. The third-order valence-electron chi connectivity index (χ3n) is 4.11. The fourth-order valence-corrected chi connectivity index (χ4v) is 2.94. The van der Waals surface area contributed by atoms with Crippen LogP contribution in [0.25, 0.3) is 22.2 Å². The van der Waals surface area contributed by atoms with Crippen molar-refractivity contribution in [1.29, 1.82) is 0 Å². The van der Waals surface area contributed by atoms with E-state index in [4.69, 9.17) is 4.42 Å². The van der Waals surface area contributed by atoms with E-state index in [0.717, 1.165) is 16.5 Å². The summed E-state index contributed by atoms with van der Waals surface area (Å²) < 4.78 is 7.19. The van der Waals surface area contributed by atoms with Crippen LogP contribution in [0.1, 0.15) is 15.9 Å². The number of fused-ring (bicyclic) bond motifs is 1. The number of para-hydroxylation sites is 1. The molecule has 0 aliphatic heterocycles. The Bertz CT molecular complexity index is 1010. The Labute approximate surface area is 138 Å². The van der Waals surface area contributed by atoms with Crippen LogP contribution in [0, 0.1) is 0 Å². The number of nitrogens with zero attached hydrogens (tertiary/aromatic N) is 1. The lowest BCUT2D eigenvalue weighted by atomic mass is 10.1. The minimum Gasteiger partial charge on any atom is -0.464 e. The number of carbonyl (C=O) groups is 1. The number of carbonyl (C=O) groups excluding carboxylic acids is 1. The molecule has 0 aliphatic rings. The van der Waals surface area contributed by atoms with Gasteiger partial charge in [0.15, 0.2) is 0 Å². The van der Waals surface area contributed by atoms with Gasteiger partial charge >= 0.3 is 0 Å². The van der Waals surface area contributed by atoms with Crippen molar-refractivity contribution in [3.8, 4) is 11.3 Å². The molecule has 4 rings (SSSR count). The van der Waals surface area contributed by atoms with E-state index in [1.165, 1.54) is 0 Å². The van der Waals surface area contributed by atoms with Crippen molar-refractivity contribution in [2.75, 3.05) is 0 Å². The maximum absolute atomic E-state index is 12.9. The van der Waals surface area contributed by atoms with Gasteiger partial charge in [-0.05, 0) is 24.3 Å². The van der Waals surface area contributed by atoms with Crippen LogP contribution >= 0.6 is 0 Å². The molecule has 0 radical (unpaired) electrons. The molecule has 0 amide bonds. The lowest BCUT2D eigenvalue weighted by Crippen LogP contribution is -2.10. The monoisotopic (exact) mass is 317 g/mol. The molecule has 118 valence electrons. The SMILES string of the molecule is O=C(c1ccccc1)n1cc(-c2occc2CO)c2ccccc21. The van der Waals surface area contributed by atoms with Crippen molar-refractivity contribution in [2.24, 2.45) is 0 Å². The Hall–Kier alpha value is -3.11. The van der Waals surface area contributed by atoms with E-state index in [2.05, 4.69) is 0 Å². The summed E-state index contributed by atoms with van der Waals surface area (Å²) in [5.74, 6) is 0.489. The van der Waals surface area contributed by atoms with Crippen LogP contribution in [0.5, 0.6) is 0 Å². The van der Waals surface area contributed by atoms with Crippen LogP contribution in [-0.4, -0.2) is 15.6 Å². The molecule has 24 heavy (non-hydrogen) atoms. The number of aliphatic hydroxyl groups is 1. The highest BCUT2D eigenvalue weighted by Gasteiger charge is 2.19. The Morgan fingerprint density at radius 2 is 1.75 bits per heavy atom. The lowest BCUT2D eigenvalue weighted by Gasteiger charge is -2.03. The Kier molecular flexibility index (Phi) is 3.52. The topological polar surface area (TPSA) is 55.4 Å². The van der Waals surface area contributed by atoms with E-state index < -0.39 is 0 Å². The fourth-order valence-electron chi connectivity index (χ4n) is 2.94. The van der Waals surface area contributed by atoms with Gasteiger partial charge in [0.1, 0.15) is 5.76 Å². The van der Waals surface area contributed by atoms with E-state index in [1.54, 1.807) is 35.2 Å². The van der Waals surface area contributed by atoms with E-state index in [-0.39, 0.29) is 12.5 Å². The number of aliphatic hydroxyl groups excluding tert-OH is 1. The quantitative estimate of drug-likeness (QED) is 0.619. The summed E-state index contributed by atoms with van der Waals surface area (Å²) in [6.45, 7) is -0.113. The minimum atomic E-state index is -0.113. The maximum Gasteiger partial charge on any atom is 0.262 e. The van der Waals surface area contributed by atoms with Crippen LogP contribution in [0.2, 0.25) is 0 Å². The number of rotatable bonds is 3. The summed E-state index contributed by atoms with van der Waals surface area (Å²) in [4.78, 5) is 12.9. The second-order valence-corrected chi connectivity index (χ2v) is 5.53. The summed E-state index contributed by atoms with van der Waals surface area (Å²) in [7, 11) is 0. The molecule has 4 heteroatoms. The van der Waals surface area contributed by atoms with Gasteiger partial charge in [0.25, 0.3) is 5.91 Å². The number of benzene rings is 2. The third kappa shape index (κ3) is 2.25. The van der Waals surface area contributed by atoms with Crippen LogP contribution in [0.4, 0.5) is 0 Å². The molecule has 2 heterocycles. The van der Waals surface area contributed by atoms with Gasteiger partial charge in [0, 0.05) is 28.3 Å². The zero-order valence-electron chi connectivity index (χ0n) is 12.8. The van der Waals surface area contributed by atoms with E-state index >= 15 is 0 Å². The average molecular weight is 317 g/mol. The second-order valence-electron chi connectivity index (χ2n) is 5.53. The summed E-state index contributed by atoms with van der Waals surface area (Å²) >= 11 is 0. The molecular weight excluding hydrogens is 302 g/mol. The number of furan rings is 1. The van der Waals surface area contributed by atoms with Crippen molar-refractivity contribution < 1.29 is 14.3 Å². The van der Waals surface area contributed by atoms with Crippen molar-refractivity contribution in [3.63, 3.8) is 0 Å². The van der Waals surface area contributed by atoms with E-state index in [0.29, 0.717) is 16.9 Å². The maximum atomic E-state index is 12.9. The number of aromatic nitrogens is 1. The van der Waals surface area contributed by atoms with Gasteiger partial charge in [-0.1, -0.05) is 36.4 Å². The Morgan fingerprint density at radius 1 is 1.00 bits per heavy atom. The molecule has 0 atom stereocenters. The lowest BCUT2D eigenvalue weighted by molar-refractivity contribution is 0.0965. The third-order valence-corrected chi connectivity index (χ3v) is 4.11. The molecule has 1 N–H and O–H groups in total. The summed E-state index contributed by atoms with van der Waals surface area (Å²) in [6, 6.07) is 18.6. The summed E-state index contributed by atoms with van der Waals surface area (Å²) in [6.07, 6.45) is 3.32. The normalized spacial score (nSPS) is 11.0. The zero-order valence-corrected chi connectivity index (χ0v) is 12.8. The van der Waals surface area contributed by atoms with Crippen molar-refractivity contribution in [3.05, 3.63) is 84.3 Å². The molecular formula is C20H15NO3. The van der Waals surface area contributed by atoms with Crippen LogP contribution in [0.15, 0.2) is 77.5 Å². The Balaban J connectivity index is 1.94. The largest absolute Gasteiger partial charge is 0.464 e. The number of hydrogen-bond acceptors (Lipinski definition) is 3. The van der Waals surface area contributed by atoms with E-state index in [9.17, 15) is 9.90 Å².